The van der Waals surface area contributed by atoms with Gasteiger partial charge in [-0.3, -0.25) is 0 Å². The molecule has 0 aliphatic heterocycles. The van der Waals surface area contributed by atoms with Crippen LogP contribution in [0.25, 0.3) is 0 Å². The minimum absolute atomic E-state index is 0.0658. The van der Waals surface area contributed by atoms with Crippen molar-refractivity contribution in [2.24, 2.45) is 0 Å². The number of rotatable bonds is 7. The summed E-state index contributed by atoms with van der Waals surface area (Å²) in [5.74, 6) is 0.701. The molecule has 0 bridgehead atoms. The third-order valence-corrected chi connectivity index (χ3v) is 4.19. The molecule has 1 rings (SSSR count). The van der Waals surface area contributed by atoms with E-state index in [1.54, 1.807) is 17.7 Å². The highest BCUT2D eigenvalue weighted by Gasteiger charge is 2.18. The van der Waals surface area contributed by atoms with Gasteiger partial charge in [-0.05, 0) is 33.6 Å². The van der Waals surface area contributed by atoms with E-state index in [0.717, 1.165) is 12.8 Å². The van der Waals surface area contributed by atoms with Gasteiger partial charge in [-0.2, -0.15) is 0 Å². The summed E-state index contributed by atoms with van der Waals surface area (Å²) >= 11 is 5.79. The minimum atomic E-state index is -3.50. The number of aromatic nitrogens is 2. The largest absolute Gasteiger partial charge is 0.334 e. The first-order valence-electron chi connectivity index (χ1n) is 6.04. The number of imidazole rings is 1. The number of hydrogen-bond donors (Lipinski definition) is 1. The fourth-order valence-electron chi connectivity index (χ4n) is 1.59. The molecule has 1 N–H and O–H groups in total. The average Bonchev–Trinajstić information content (AvgIpc) is 2.66. The predicted molar refractivity (Wildman–Crippen MR) is 72.4 cm³/mol. The molecule has 1 aromatic heterocycles. The fraction of sp³-hybridized carbons (Fsp3) is 0.727. The first kappa shape index (κ1) is 15.5. The number of aryl methyl sites for hydroxylation is 2. The van der Waals surface area contributed by atoms with Crippen molar-refractivity contribution in [2.45, 2.75) is 50.6 Å². The third-order valence-electron chi connectivity index (χ3n) is 2.64. The second-order valence-corrected chi connectivity index (χ2v) is 6.69. The van der Waals surface area contributed by atoms with Crippen molar-refractivity contribution in [1.82, 2.24) is 14.3 Å². The Kier molecular flexibility index (Phi) is 5.62. The van der Waals surface area contributed by atoms with Crippen molar-refractivity contribution in [3.63, 3.8) is 0 Å². The van der Waals surface area contributed by atoms with Gasteiger partial charge in [0.05, 0.1) is 0 Å². The number of nitrogens with one attached hydrogen (secondary N) is 1. The number of alkyl halides is 1. The Morgan fingerprint density at radius 1 is 1.56 bits per heavy atom. The molecule has 0 radical (unpaired) electrons. The van der Waals surface area contributed by atoms with Crippen molar-refractivity contribution in [3.05, 3.63) is 12.0 Å². The quantitative estimate of drug-likeness (QED) is 0.617. The molecular formula is C11H20ClN3O2S. The van der Waals surface area contributed by atoms with Crippen molar-refractivity contribution in [2.75, 3.05) is 6.54 Å². The lowest BCUT2D eigenvalue weighted by molar-refractivity contribution is 0.573. The first-order valence-corrected chi connectivity index (χ1v) is 7.96. The monoisotopic (exact) mass is 293 g/mol. The Morgan fingerprint density at radius 2 is 2.22 bits per heavy atom. The van der Waals surface area contributed by atoms with Crippen LogP contribution in [0.3, 0.4) is 0 Å². The van der Waals surface area contributed by atoms with Gasteiger partial charge in [-0.25, -0.2) is 18.1 Å². The lowest BCUT2D eigenvalue weighted by Crippen LogP contribution is -2.25. The van der Waals surface area contributed by atoms with Crippen LogP contribution in [0.4, 0.5) is 0 Å². The normalized spacial score (nSPS) is 13.8. The Labute approximate surface area is 114 Å². The molecule has 1 aromatic rings. The standard InChI is InChI=1S/C11H20ClN3O2S/c1-4-15-8-11(14-10(15)3)18(16,17)13-7-5-6-9(2)12/h8-9,13H,4-7H2,1-3H3. The zero-order valence-corrected chi connectivity index (χ0v) is 12.6. The molecule has 0 saturated carbocycles. The molecule has 1 unspecified atom stereocenters. The molecule has 0 aromatic carbocycles. The molecule has 0 amide bonds. The van der Waals surface area contributed by atoms with Crippen molar-refractivity contribution >= 4 is 21.6 Å². The molecule has 1 atom stereocenters. The number of nitrogens with zero attached hydrogens (tertiary/aromatic N) is 2. The van der Waals surface area contributed by atoms with E-state index < -0.39 is 10.0 Å². The van der Waals surface area contributed by atoms with Gasteiger partial charge in [0.25, 0.3) is 10.0 Å². The summed E-state index contributed by atoms with van der Waals surface area (Å²) in [7, 11) is -3.50. The molecule has 104 valence electrons. The smallest absolute Gasteiger partial charge is 0.259 e. The van der Waals surface area contributed by atoms with E-state index in [9.17, 15) is 8.42 Å². The van der Waals surface area contributed by atoms with Crippen LogP contribution >= 0.6 is 11.6 Å². The molecule has 0 aliphatic rings. The van der Waals surface area contributed by atoms with Gasteiger partial charge in [0, 0.05) is 24.7 Å². The van der Waals surface area contributed by atoms with Crippen LogP contribution in [0.1, 0.15) is 32.5 Å². The van der Waals surface area contributed by atoms with Gasteiger partial charge in [-0.1, -0.05) is 0 Å². The van der Waals surface area contributed by atoms with Crippen LogP contribution in [0.15, 0.2) is 11.2 Å². The van der Waals surface area contributed by atoms with Gasteiger partial charge in [0.1, 0.15) is 5.82 Å². The molecule has 1 heterocycles. The van der Waals surface area contributed by atoms with E-state index in [-0.39, 0.29) is 10.4 Å². The molecule has 5 nitrogen and oxygen atoms in total. The summed E-state index contributed by atoms with van der Waals surface area (Å²) in [5.41, 5.74) is 0. The zero-order valence-electron chi connectivity index (χ0n) is 11.0. The Morgan fingerprint density at radius 3 is 2.72 bits per heavy atom. The van der Waals surface area contributed by atoms with Gasteiger partial charge >= 0.3 is 0 Å². The van der Waals surface area contributed by atoms with Gasteiger partial charge < -0.3 is 4.57 Å². The summed E-state index contributed by atoms with van der Waals surface area (Å²) in [6.45, 7) is 6.72. The Balaban J connectivity index is 2.62. The molecule has 7 heteroatoms. The number of sulfonamides is 1. The van der Waals surface area contributed by atoms with Crippen LogP contribution in [0, 0.1) is 6.92 Å². The van der Waals surface area contributed by atoms with Crippen LogP contribution in [0.2, 0.25) is 0 Å². The molecule has 18 heavy (non-hydrogen) atoms. The third kappa shape index (κ3) is 4.26. The van der Waals surface area contributed by atoms with E-state index in [1.807, 2.05) is 13.8 Å². The van der Waals surface area contributed by atoms with Crippen LogP contribution in [-0.2, 0) is 16.6 Å². The average molecular weight is 294 g/mol. The maximum Gasteiger partial charge on any atom is 0.259 e. The summed E-state index contributed by atoms with van der Waals surface area (Å²) in [6, 6.07) is 0. The SMILES string of the molecule is CCn1cc(S(=O)(=O)NCCCC(C)Cl)nc1C. The first-order chi connectivity index (χ1) is 8.36. The van der Waals surface area contributed by atoms with Crippen LogP contribution < -0.4 is 4.72 Å². The lowest BCUT2D eigenvalue weighted by Gasteiger charge is -2.05. The van der Waals surface area contributed by atoms with Crippen molar-refractivity contribution < 1.29 is 8.42 Å². The number of halogens is 1. The highest BCUT2D eigenvalue weighted by molar-refractivity contribution is 7.89. The number of hydrogen-bond acceptors (Lipinski definition) is 3. The second-order valence-electron chi connectivity index (χ2n) is 4.23. The molecule has 0 saturated heterocycles. The molecule has 0 aliphatic carbocycles. The summed E-state index contributed by atoms with van der Waals surface area (Å²) in [6.07, 6.45) is 3.06. The predicted octanol–water partition coefficient (Wildman–Crippen LogP) is 1.90. The zero-order chi connectivity index (χ0) is 13.8. The molecule has 0 spiro atoms. The van der Waals surface area contributed by atoms with Gasteiger partial charge in [0.15, 0.2) is 5.03 Å². The Bertz CT molecular complexity index is 482. The lowest BCUT2D eigenvalue weighted by atomic mass is 10.2. The highest BCUT2D eigenvalue weighted by Crippen LogP contribution is 2.09. The van der Waals surface area contributed by atoms with Crippen LogP contribution in [0.5, 0.6) is 0 Å². The van der Waals surface area contributed by atoms with Crippen LogP contribution in [-0.4, -0.2) is 29.9 Å². The van der Waals surface area contributed by atoms with E-state index in [4.69, 9.17) is 11.6 Å². The van der Waals surface area contributed by atoms with E-state index in [1.165, 1.54) is 0 Å². The van der Waals surface area contributed by atoms with E-state index in [2.05, 4.69) is 9.71 Å². The topological polar surface area (TPSA) is 64.0 Å². The van der Waals surface area contributed by atoms with Crippen molar-refractivity contribution in [1.29, 1.82) is 0 Å². The van der Waals surface area contributed by atoms with E-state index in [0.29, 0.717) is 18.9 Å². The summed E-state index contributed by atoms with van der Waals surface area (Å²) in [4.78, 5) is 4.05. The summed E-state index contributed by atoms with van der Waals surface area (Å²) < 4.78 is 28.2. The van der Waals surface area contributed by atoms with E-state index >= 15 is 0 Å². The highest BCUT2D eigenvalue weighted by atomic mass is 35.5. The minimum Gasteiger partial charge on any atom is -0.334 e. The van der Waals surface area contributed by atoms with Gasteiger partial charge in [0.2, 0.25) is 0 Å². The molecule has 0 fully saturated rings. The maximum atomic E-state index is 11.9. The van der Waals surface area contributed by atoms with Crippen molar-refractivity contribution in [3.8, 4) is 0 Å². The summed E-state index contributed by atoms with van der Waals surface area (Å²) in [5, 5.41) is 0.150. The fourth-order valence-corrected chi connectivity index (χ4v) is 2.83. The maximum absolute atomic E-state index is 11.9. The molecular weight excluding hydrogens is 274 g/mol. The Hall–Kier alpha value is -0.590. The second kappa shape index (κ2) is 6.54. The van der Waals surface area contributed by atoms with Gasteiger partial charge in [-0.15, -0.1) is 11.6 Å².